The lowest BCUT2D eigenvalue weighted by Gasteiger charge is -2.41. The second-order valence-corrected chi connectivity index (χ2v) is 20.2. The molecule has 13 heteroatoms. The summed E-state index contributed by atoms with van der Waals surface area (Å²) in [4.78, 5) is 13.1. The maximum Gasteiger partial charge on any atom is 0.397 e. The molecule has 1 fully saturated rings. The largest absolute Gasteiger partial charge is 0.397 e. The molecule has 0 aliphatic carbocycles. The van der Waals surface area contributed by atoms with Crippen LogP contribution in [0.4, 0.5) is 0 Å². The number of aliphatic hydroxyl groups excluding tert-OH is 4. The number of hydrogen-bond donors (Lipinski definition) is 6. The van der Waals surface area contributed by atoms with Gasteiger partial charge in [0.2, 0.25) is 5.91 Å². The van der Waals surface area contributed by atoms with Gasteiger partial charge in [0.1, 0.15) is 24.4 Å². The van der Waals surface area contributed by atoms with Crippen molar-refractivity contribution in [2.75, 3.05) is 13.2 Å². The van der Waals surface area contributed by atoms with Crippen LogP contribution in [0.3, 0.4) is 0 Å². The van der Waals surface area contributed by atoms with Crippen LogP contribution in [0, 0.1) is 0 Å². The molecule has 7 unspecified atom stereocenters. The summed E-state index contributed by atoms with van der Waals surface area (Å²) in [5.74, 6) is -0.224. The Bertz CT molecular complexity index is 1150. The molecule has 1 rings (SSSR count). The molecule has 6 N–H and O–H groups in total. The molecule has 0 aromatic rings. The van der Waals surface area contributed by atoms with Crippen molar-refractivity contribution in [3.05, 3.63) is 0 Å². The number of unbranched alkanes of at least 4 members (excludes halogenated alkanes) is 35. The average molecular weight is 936 g/mol. The number of nitrogens with one attached hydrogen (secondary N) is 1. The van der Waals surface area contributed by atoms with Crippen molar-refractivity contribution in [1.82, 2.24) is 5.32 Å². The highest BCUT2D eigenvalue weighted by Gasteiger charge is 2.48. The van der Waals surface area contributed by atoms with Gasteiger partial charge in [-0.05, 0) is 12.8 Å². The van der Waals surface area contributed by atoms with E-state index in [1.165, 1.54) is 186 Å². The first kappa shape index (κ1) is 61.1. The van der Waals surface area contributed by atoms with Crippen molar-refractivity contribution in [2.24, 2.45) is 0 Å². The first-order chi connectivity index (χ1) is 31.0. The van der Waals surface area contributed by atoms with Crippen LogP contribution < -0.4 is 5.32 Å². The third kappa shape index (κ3) is 34.4. The molecule has 0 aromatic carbocycles. The van der Waals surface area contributed by atoms with E-state index in [1.807, 2.05) is 0 Å². The van der Waals surface area contributed by atoms with Gasteiger partial charge in [-0.25, -0.2) is 4.18 Å². The van der Waals surface area contributed by atoms with Gasteiger partial charge in [0.15, 0.2) is 6.29 Å². The summed E-state index contributed by atoms with van der Waals surface area (Å²) < 4.78 is 47.8. The van der Waals surface area contributed by atoms with E-state index in [2.05, 4.69) is 23.3 Å². The minimum atomic E-state index is -5.07. The van der Waals surface area contributed by atoms with Gasteiger partial charge in [0, 0.05) is 6.42 Å². The molecule has 12 nitrogen and oxygen atoms in total. The van der Waals surface area contributed by atoms with E-state index in [0.717, 1.165) is 51.4 Å². The molecule has 7 atom stereocenters. The molecule has 1 aliphatic heterocycles. The van der Waals surface area contributed by atoms with Crippen molar-refractivity contribution >= 4 is 16.3 Å². The fourth-order valence-corrected chi connectivity index (χ4v) is 9.50. The summed E-state index contributed by atoms with van der Waals surface area (Å²) in [5, 5.41) is 45.0. The second kappa shape index (κ2) is 42.2. The smallest absolute Gasteiger partial charge is 0.394 e. The van der Waals surface area contributed by atoms with Gasteiger partial charge in [-0.2, -0.15) is 8.42 Å². The van der Waals surface area contributed by atoms with Crippen LogP contribution in [0.15, 0.2) is 0 Å². The Morgan fingerprint density at radius 2 is 0.906 bits per heavy atom. The van der Waals surface area contributed by atoms with E-state index >= 15 is 0 Å². The summed E-state index contributed by atoms with van der Waals surface area (Å²) >= 11 is 0. The third-order valence-corrected chi connectivity index (χ3v) is 13.6. The lowest BCUT2D eigenvalue weighted by atomic mass is 9.99. The Labute approximate surface area is 392 Å². The first-order valence-electron chi connectivity index (χ1n) is 26.9. The highest BCUT2D eigenvalue weighted by atomic mass is 32.3. The first-order valence-corrected chi connectivity index (χ1v) is 28.3. The molecular weight excluding hydrogens is 835 g/mol. The van der Waals surface area contributed by atoms with Gasteiger partial charge in [-0.1, -0.05) is 245 Å². The lowest BCUT2D eigenvalue weighted by molar-refractivity contribution is -0.298. The van der Waals surface area contributed by atoms with Crippen molar-refractivity contribution < 1.29 is 51.8 Å². The third-order valence-electron chi connectivity index (χ3n) is 13.2. The Morgan fingerprint density at radius 3 is 1.25 bits per heavy atom. The fourth-order valence-electron chi connectivity index (χ4n) is 8.99. The zero-order chi connectivity index (χ0) is 46.9. The molecular formula is C51H101NO11S. The maximum atomic E-state index is 13.1. The number of amides is 1. The summed E-state index contributed by atoms with van der Waals surface area (Å²) in [6.07, 6.45) is 38.2. The van der Waals surface area contributed by atoms with Gasteiger partial charge in [0.05, 0.1) is 25.4 Å². The summed E-state index contributed by atoms with van der Waals surface area (Å²) in [6.45, 7) is 3.48. The van der Waals surface area contributed by atoms with E-state index in [9.17, 15) is 38.2 Å². The summed E-state index contributed by atoms with van der Waals surface area (Å²) in [7, 11) is -5.07. The van der Waals surface area contributed by atoms with Gasteiger partial charge < -0.3 is 35.2 Å². The second-order valence-electron chi connectivity index (χ2n) is 19.2. The Balaban J connectivity index is 2.35. The number of carbonyl (C=O) groups is 1. The van der Waals surface area contributed by atoms with E-state index in [-0.39, 0.29) is 12.5 Å². The van der Waals surface area contributed by atoms with Gasteiger partial charge >= 0.3 is 10.4 Å². The Kier molecular flexibility index (Phi) is 40.3. The van der Waals surface area contributed by atoms with Crippen LogP contribution in [0.5, 0.6) is 0 Å². The lowest BCUT2D eigenvalue weighted by Crippen LogP contribution is -2.61. The molecule has 0 radical (unpaired) electrons. The number of aliphatic hydroxyl groups is 4. The summed E-state index contributed by atoms with van der Waals surface area (Å²) in [6, 6.07) is -0.852. The molecule has 0 spiro atoms. The fraction of sp³-hybridized carbons (Fsp3) is 0.980. The molecule has 0 bridgehead atoms. The highest BCUT2D eigenvalue weighted by molar-refractivity contribution is 7.80. The summed E-state index contributed by atoms with van der Waals surface area (Å²) in [5.41, 5.74) is 0. The van der Waals surface area contributed by atoms with Crippen molar-refractivity contribution in [3.8, 4) is 0 Å². The monoisotopic (exact) mass is 936 g/mol. The molecule has 1 amide bonds. The van der Waals surface area contributed by atoms with Crippen LogP contribution in [-0.2, 0) is 28.9 Å². The van der Waals surface area contributed by atoms with Gasteiger partial charge in [-0.15, -0.1) is 0 Å². The van der Waals surface area contributed by atoms with Crippen molar-refractivity contribution in [1.29, 1.82) is 0 Å². The predicted molar refractivity (Wildman–Crippen MR) is 259 cm³/mol. The van der Waals surface area contributed by atoms with Crippen LogP contribution >= 0.6 is 0 Å². The number of carbonyl (C=O) groups excluding carboxylic acids is 1. The molecule has 0 aromatic heterocycles. The molecule has 1 aliphatic rings. The standard InChI is InChI=1S/C51H101NO11S/c1-3-5-7-9-11-13-15-17-19-20-21-22-23-24-25-26-27-29-31-33-35-37-39-41-47(55)52-44(43-61-51-49(57)50(63-64(58,59)60)48(56)46(42-53)62-51)45(54)40-38-36-34-32-30-28-18-16-14-12-10-8-6-4-2/h44-46,48-51,53-54,56-57H,3-43H2,1-2H3,(H,52,55)(H,58,59,60). The van der Waals surface area contributed by atoms with E-state index in [1.54, 1.807) is 0 Å². The van der Waals surface area contributed by atoms with Crippen molar-refractivity contribution in [2.45, 2.75) is 307 Å². The zero-order valence-corrected chi connectivity index (χ0v) is 41.9. The van der Waals surface area contributed by atoms with E-state index < -0.39 is 59.9 Å². The normalized spacial score (nSPS) is 20.1. The van der Waals surface area contributed by atoms with Crippen LogP contribution in [0.1, 0.15) is 264 Å². The number of rotatable bonds is 47. The average Bonchev–Trinajstić information content (AvgIpc) is 3.27. The zero-order valence-electron chi connectivity index (χ0n) is 41.1. The van der Waals surface area contributed by atoms with Gasteiger partial charge in [-0.3, -0.25) is 9.35 Å². The Morgan fingerprint density at radius 1 is 0.562 bits per heavy atom. The minimum absolute atomic E-state index is 0.224. The SMILES string of the molecule is CCCCCCCCCCCCCCCCCCCCCCCCCC(=O)NC(COC1OC(CO)C(O)C(OS(=O)(=O)O)C1O)C(O)CCCCCCCCCCCCCCCC. The van der Waals surface area contributed by atoms with Crippen LogP contribution in [0.25, 0.3) is 0 Å². The Hall–Kier alpha value is -0.900. The highest BCUT2D eigenvalue weighted by Crippen LogP contribution is 2.26. The van der Waals surface area contributed by atoms with Gasteiger partial charge in [0.25, 0.3) is 0 Å². The quantitative estimate of drug-likeness (QED) is 0.0251. The topological polar surface area (TPSA) is 192 Å². The number of hydrogen-bond acceptors (Lipinski definition) is 10. The predicted octanol–water partition coefficient (Wildman–Crippen LogP) is 11.7. The minimum Gasteiger partial charge on any atom is -0.394 e. The number of ether oxygens (including phenoxy) is 2. The van der Waals surface area contributed by atoms with Crippen LogP contribution in [-0.4, -0.2) is 95.4 Å². The molecule has 0 saturated carbocycles. The van der Waals surface area contributed by atoms with Crippen LogP contribution in [0.2, 0.25) is 0 Å². The van der Waals surface area contributed by atoms with E-state index in [4.69, 9.17) is 9.47 Å². The maximum absolute atomic E-state index is 13.1. The molecule has 64 heavy (non-hydrogen) atoms. The van der Waals surface area contributed by atoms with E-state index in [0.29, 0.717) is 12.8 Å². The molecule has 382 valence electrons. The molecule has 1 saturated heterocycles. The molecule has 1 heterocycles. The van der Waals surface area contributed by atoms with Crippen molar-refractivity contribution in [3.63, 3.8) is 0 Å².